The van der Waals surface area contributed by atoms with Gasteiger partial charge in [0, 0.05) is 17.1 Å². The van der Waals surface area contributed by atoms with Crippen LogP contribution in [0.25, 0.3) is 0 Å². The summed E-state index contributed by atoms with van der Waals surface area (Å²) in [7, 11) is -2.50. The minimum Gasteiger partial charge on any atom is -0.495 e. The van der Waals surface area contributed by atoms with Crippen molar-refractivity contribution in [2.75, 3.05) is 13.7 Å². The first kappa shape index (κ1) is 15.8. The number of rotatable bonds is 6. The van der Waals surface area contributed by atoms with E-state index in [9.17, 15) is 13.5 Å². The molecule has 0 radical (unpaired) electrons. The van der Waals surface area contributed by atoms with Crippen molar-refractivity contribution in [3.63, 3.8) is 0 Å². The van der Waals surface area contributed by atoms with Gasteiger partial charge in [-0.2, -0.15) is 0 Å². The van der Waals surface area contributed by atoms with Gasteiger partial charge in [-0.15, -0.1) is 0 Å². The zero-order valence-corrected chi connectivity index (χ0v) is 12.7. The first-order valence-corrected chi connectivity index (χ1v) is 7.83. The molecule has 0 fully saturated rings. The second-order valence-electron chi connectivity index (χ2n) is 4.22. The number of benzene rings is 1. The van der Waals surface area contributed by atoms with Crippen molar-refractivity contribution in [3.05, 3.63) is 47.4 Å². The third-order valence-corrected chi connectivity index (χ3v) is 4.49. The minimum absolute atomic E-state index is 0.0862. The van der Waals surface area contributed by atoms with E-state index >= 15 is 0 Å². The molecule has 2 rings (SSSR count). The van der Waals surface area contributed by atoms with Crippen molar-refractivity contribution >= 4 is 21.6 Å². The Labute approximate surface area is 127 Å². The maximum atomic E-state index is 12.3. The molecule has 21 heavy (non-hydrogen) atoms. The number of ether oxygens (including phenoxy) is 1. The van der Waals surface area contributed by atoms with Crippen LogP contribution in [0.2, 0.25) is 5.02 Å². The fraction of sp³-hybridized carbons (Fsp3) is 0.231. The van der Waals surface area contributed by atoms with Crippen molar-refractivity contribution in [1.82, 2.24) is 4.72 Å². The smallest absolute Gasteiger partial charge is 0.244 e. The molecule has 6 nitrogen and oxygen atoms in total. The molecule has 1 heterocycles. The SMILES string of the molecule is COc1ccc(Cl)cc1S(=O)(=O)NC[C@H](O)c1ccoc1. The number of aliphatic hydroxyl groups excluding tert-OH is 1. The summed E-state index contributed by atoms with van der Waals surface area (Å²) >= 11 is 5.81. The van der Waals surface area contributed by atoms with E-state index < -0.39 is 16.1 Å². The van der Waals surface area contributed by atoms with Crippen molar-refractivity contribution in [2.45, 2.75) is 11.0 Å². The predicted octanol–water partition coefficient (Wildman–Crippen LogP) is 1.95. The standard InChI is InChI=1S/C13H14ClNO5S/c1-19-12-3-2-10(14)6-13(12)21(17,18)15-7-11(16)9-4-5-20-8-9/h2-6,8,11,15-16H,7H2,1H3/t11-/m0/s1. The third kappa shape index (κ3) is 3.76. The summed E-state index contributed by atoms with van der Waals surface area (Å²) in [5, 5.41) is 10.1. The van der Waals surface area contributed by atoms with Gasteiger partial charge in [-0.1, -0.05) is 11.6 Å². The van der Waals surface area contributed by atoms with Crippen molar-refractivity contribution in [3.8, 4) is 5.75 Å². The van der Waals surface area contributed by atoms with Crippen molar-refractivity contribution in [2.24, 2.45) is 0 Å². The molecule has 0 saturated heterocycles. The van der Waals surface area contributed by atoms with Crippen LogP contribution in [-0.4, -0.2) is 27.2 Å². The van der Waals surface area contributed by atoms with Gasteiger partial charge in [0.05, 0.1) is 25.7 Å². The number of methoxy groups -OCH3 is 1. The maximum Gasteiger partial charge on any atom is 0.244 e. The van der Waals surface area contributed by atoms with Gasteiger partial charge >= 0.3 is 0 Å². The molecule has 2 aromatic rings. The van der Waals surface area contributed by atoms with Gasteiger partial charge in [-0.05, 0) is 24.3 Å². The summed E-state index contributed by atoms with van der Waals surface area (Å²) < 4.78 is 36.7. The molecule has 114 valence electrons. The van der Waals surface area contributed by atoms with Gasteiger partial charge in [0.15, 0.2) is 0 Å². The second-order valence-corrected chi connectivity index (χ2v) is 6.39. The average Bonchev–Trinajstić information content (AvgIpc) is 2.99. The van der Waals surface area contributed by atoms with E-state index in [0.29, 0.717) is 5.56 Å². The molecule has 0 aliphatic rings. The zero-order valence-electron chi connectivity index (χ0n) is 11.1. The molecule has 1 aromatic carbocycles. The summed E-state index contributed by atoms with van der Waals surface area (Å²) in [5.74, 6) is 0.171. The normalized spacial score (nSPS) is 13.1. The van der Waals surface area contributed by atoms with E-state index in [0.717, 1.165) is 0 Å². The average molecular weight is 332 g/mol. The van der Waals surface area contributed by atoms with E-state index in [4.69, 9.17) is 20.8 Å². The molecular weight excluding hydrogens is 318 g/mol. The Balaban J connectivity index is 2.17. The number of sulfonamides is 1. The largest absolute Gasteiger partial charge is 0.495 e. The van der Waals surface area contributed by atoms with Crippen LogP contribution < -0.4 is 9.46 Å². The molecule has 0 aliphatic carbocycles. The quantitative estimate of drug-likeness (QED) is 0.844. The fourth-order valence-electron chi connectivity index (χ4n) is 1.71. The number of hydrogen-bond donors (Lipinski definition) is 2. The zero-order chi connectivity index (χ0) is 15.5. The first-order chi connectivity index (χ1) is 9.94. The predicted molar refractivity (Wildman–Crippen MR) is 76.9 cm³/mol. The summed E-state index contributed by atoms with van der Waals surface area (Å²) in [6, 6.07) is 5.83. The van der Waals surface area contributed by atoms with Gasteiger partial charge in [-0.3, -0.25) is 0 Å². The Morgan fingerprint density at radius 2 is 2.19 bits per heavy atom. The Bertz CT molecular complexity index is 699. The lowest BCUT2D eigenvalue weighted by atomic mass is 10.2. The topological polar surface area (TPSA) is 88.8 Å². The minimum atomic E-state index is -3.86. The number of furan rings is 1. The lowest BCUT2D eigenvalue weighted by Crippen LogP contribution is -2.28. The van der Waals surface area contributed by atoms with Crippen molar-refractivity contribution in [1.29, 1.82) is 0 Å². The molecule has 0 bridgehead atoms. The first-order valence-electron chi connectivity index (χ1n) is 5.97. The highest BCUT2D eigenvalue weighted by molar-refractivity contribution is 7.89. The van der Waals surface area contributed by atoms with Gasteiger partial charge in [0.2, 0.25) is 10.0 Å². The van der Waals surface area contributed by atoms with Crippen LogP contribution in [0.4, 0.5) is 0 Å². The van der Waals surface area contributed by atoms with Gasteiger partial charge in [-0.25, -0.2) is 13.1 Å². The molecule has 0 amide bonds. The van der Waals surface area contributed by atoms with Gasteiger partial charge in [0.1, 0.15) is 10.6 Å². The number of aliphatic hydroxyl groups is 1. The van der Waals surface area contributed by atoms with Crippen LogP contribution in [0.3, 0.4) is 0 Å². The monoisotopic (exact) mass is 331 g/mol. The maximum absolute atomic E-state index is 12.3. The molecule has 0 aliphatic heterocycles. The van der Waals surface area contributed by atoms with Crippen LogP contribution in [0.15, 0.2) is 46.1 Å². The molecule has 0 spiro atoms. The van der Waals surface area contributed by atoms with E-state index in [-0.39, 0.29) is 22.2 Å². The molecule has 1 atom stereocenters. The van der Waals surface area contributed by atoms with Gasteiger partial charge < -0.3 is 14.3 Å². The number of halogens is 1. The van der Waals surface area contributed by atoms with Crippen LogP contribution in [0, 0.1) is 0 Å². The van der Waals surface area contributed by atoms with E-state index in [1.54, 1.807) is 6.07 Å². The summed E-state index contributed by atoms with van der Waals surface area (Å²) in [5.41, 5.74) is 0.482. The Morgan fingerprint density at radius 3 is 2.81 bits per heavy atom. The molecule has 8 heteroatoms. The van der Waals surface area contributed by atoms with Crippen LogP contribution in [0.1, 0.15) is 11.7 Å². The lowest BCUT2D eigenvalue weighted by Gasteiger charge is -2.13. The van der Waals surface area contributed by atoms with Crippen LogP contribution in [0.5, 0.6) is 5.75 Å². The molecule has 0 saturated carbocycles. The summed E-state index contributed by atoms with van der Waals surface area (Å²) in [6.07, 6.45) is 1.73. The van der Waals surface area contributed by atoms with E-state index in [2.05, 4.69) is 4.72 Å². The summed E-state index contributed by atoms with van der Waals surface area (Å²) in [4.78, 5) is -0.0862. The highest BCUT2D eigenvalue weighted by Crippen LogP contribution is 2.27. The summed E-state index contributed by atoms with van der Waals surface area (Å²) in [6.45, 7) is -0.197. The van der Waals surface area contributed by atoms with E-state index in [1.807, 2.05) is 0 Å². The number of nitrogens with one attached hydrogen (secondary N) is 1. The highest BCUT2D eigenvalue weighted by Gasteiger charge is 2.21. The number of hydrogen-bond acceptors (Lipinski definition) is 5. The highest BCUT2D eigenvalue weighted by atomic mass is 35.5. The Hall–Kier alpha value is -1.54. The lowest BCUT2D eigenvalue weighted by molar-refractivity contribution is 0.181. The van der Waals surface area contributed by atoms with Crippen LogP contribution >= 0.6 is 11.6 Å². The Kier molecular flexibility index (Phi) is 4.89. The second kappa shape index (κ2) is 6.48. The van der Waals surface area contributed by atoms with E-state index in [1.165, 1.54) is 37.8 Å². The molecule has 2 N–H and O–H groups in total. The van der Waals surface area contributed by atoms with Crippen molar-refractivity contribution < 1.29 is 22.7 Å². The molecule has 0 unspecified atom stereocenters. The van der Waals surface area contributed by atoms with Gasteiger partial charge in [0.25, 0.3) is 0 Å². The Morgan fingerprint density at radius 1 is 1.43 bits per heavy atom. The molecule has 1 aromatic heterocycles. The molecular formula is C13H14ClNO5S. The third-order valence-electron chi connectivity index (χ3n) is 2.81. The van der Waals surface area contributed by atoms with Crippen LogP contribution in [-0.2, 0) is 10.0 Å². The fourth-order valence-corrected chi connectivity index (χ4v) is 3.18.